The van der Waals surface area contributed by atoms with E-state index in [0.29, 0.717) is 0 Å². The number of alkyl halides is 3. The molecule has 0 atom stereocenters. The molecule has 0 fully saturated rings. The molecule has 2 aromatic rings. The number of aromatic nitrogens is 2. The number of esters is 1. The monoisotopic (exact) mass is 369 g/mol. The molecule has 0 saturated carbocycles. The minimum absolute atomic E-state index is 0.118. The van der Waals surface area contributed by atoms with Gasteiger partial charge in [-0.3, -0.25) is 9.59 Å². The van der Waals surface area contributed by atoms with Crippen LogP contribution in [0, 0.1) is 0 Å². The molecule has 138 valence electrons. The molecule has 26 heavy (non-hydrogen) atoms. The Morgan fingerprint density at radius 3 is 2.46 bits per heavy atom. The Balaban J connectivity index is 1.98. The molecule has 2 rings (SSSR count). The first-order valence-corrected chi connectivity index (χ1v) is 7.37. The van der Waals surface area contributed by atoms with E-state index < -0.39 is 36.8 Å². The van der Waals surface area contributed by atoms with Crippen LogP contribution in [0.1, 0.15) is 16.1 Å². The molecule has 0 aliphatic rings. The van der Waals surface area contributed by atoms with Crippen LogP contribution in [0.5, 0.6) is 0 Å². The SMILES string of the molecule is O=C(COC(=O)c1ccc(=O)n(Cc2ccccc2)n1)NCC(F)(F)F. The highest BCUT2D eigenvalue weighted by molar-refractivity contribution is 5.89. The molecule has 0 radical (unpaired) electrons. The lowest BCUT2D eigenvalue weighted by atomic mass is 10.2. The summed E-state index contributed by atoms with van der Waals surface area (Å²) in [5.41, 5.74) is 0.0802. The summed E-state index contributed by atoms with van der Waals surface area (Å²) in [5, 5.41) is 5.41. The van der Waals surface area contributed by atoms with E-state index in [9.17, 15) is 27.6 Å². The lowest BCUT2D eigenvalue weighted by Crippen LogP contribution is -2.36. The highest BCUT2D eigenvalue weighted by Gasteiger charge is 2.27. The van der Waals surface area contributed by atoms with Gasteiger partial charge in [-0.25, -0.2) is 9.48 Å². The third-order valence-electron chi connectivity index (χ3n) is 3.07. The van der Waals surface area contributed by atoms with Gasteiger partial charge in [0.1, 0.15) is 6.54 Å². The number of halogens is 3. The standard InChI is InChI=1S/C16H14F3N3O4/c17-16(18,19)10-20-13(23)9-26-15(25)12-6-7-14(24)22(21-12)8-11-4-2-1-3-5-11/h1-7H,8-10H2,(H,20,23). The van der Waals surface area contributed by atoms with Gasteiger partial charge in [0.05, 0.1) is 6.54 Å². The second-order valence-corrected chi connectivity index (χ2v) is 5.17. The van der Waals surface area contributed by atoms with E-state index in [4.69, 9.17) is 0 Å². The van der Waals surface area contributed by atoms with E-state index in [1.54, 1.807) is 35.6 Å². The highest BCUT2D eigenvalue weighted by Crippen LogP contribution is 2.12. The van der Waals surface area contributed by atoms with E-state index in [2.05, 4.69) is 9.84 Å². The van der Waals surface area contributed by atoms with Gasteiger partial charge in [0.15, 0.2) is 12.3 Å². The van der Waals surface area contributed by atoms with Crippen LogP contribution in [0.25, 0.3) is 0 Å². The zero-order valence-electron chi connectivity index (χ0n) is 13.3. The Labute approximate surface area is 145 Å². The van der Waals surface area contributed by atoms with Crippen LogP contribution in [-0.4, -0.2) is 41.0 Å². The van der Waals surface area contributed by atoms with Crippen molar-refractivity contribution in [1.29, 1.82) is 0 Å². The molecule has 1 aromatic heterocycles. The molecule has 1 N–H and O–H groups in total. The van der Waals surface area contributed by atoms with Crippen LogP contribution in [0.4, 0.5) is 13.2 Å². The molecule has 0 bridgehead atoms. The molecule has 0 aliphatic carbocycles. The van der Waals surface area contributed by atoms with Crippen molar-refractivity contribution in [3.05, 3.63) is 64.1 Å². The molecule has 1 aromatic carbocycles. The van der Waals surface area contributed by atoms with Crippen molar-refractivity contribution in [3.63, 3.8) is 0 Å². The largest absolute Gasteiger partial charge is 0.451 e. The van der Waals surface area contributed by atoms with Crippen LogP contribution in [0.15, 0.2) is 47.3 Å². The van der Waals surface area contributed by atoms with Gasteiger partial charge in [-0.1, -0.05) is 30.3 Å². The second kappa shape index (κ2) is 8.28. The number of nitrogens with zero attached hydrogens (tertiary/aromatic N) is 2. The van der Waals surface area contributed by atoms with Gasteiger partial charge in [-0.2, -0.15) is 18.3 Å². The van der Waals surface area contributed by atoms with E-state index in [-0.39, 0.29) is 12.2 Å². The maximum atomic E-state index is 12.0. The first-order valence-electron chi connectivity index (χ1n) is 7.37. The van der Waals surface area contributed by atoms with Crippen molar-refractivity contribution in [2.45, 2.75) is 12.7 Å². The van der Waals surface area contributed by atoms with Gasteiger partial charge < -0.3 is 10.1 Å². The second-order valence-electron chi connectivity index (χ2n) is 5.17. The molecule has 1 heterocycles. The lowest BCUT2D eigenvalue weighted by Gasteiger charge is -2.09. The number of benzene rings is 1. The average molecular weight is 369 g/mol. The predicted molar refractivity (Wildman–Crippen MR) is 83.4 cm³/mol. The quantitative estimate of drug-likeness (QED) is 0.771. The van der Waals surface area contributed by atoms with Gasteiger partial charge in [0.25, 0.3) is 11.5 Å². The number of nitrogens with one attached hydrogen (secondary N) is 1. The number of carbonyl (C=O) groups is 2. The number of amides is 1. The Morgan fingerprint density at radius 2 is 1.81 bits per heavy atom. The first-order chi connectivity index (χ1) is 12.2. The van der Waals surface area contributed by atoms with Gasteiger partial charge in [0.2, 0.25) is 0 Å². The van der Waals surface area contributed by atoms with E-state index in [0.717, 1.165) is 22.4 Å². The molecule has 0 aliphatic heterocycles. The molecular formula is C16H14F3N3O4. The number of rotatable bonds is 6. The fraction of sp³-hybridized carbons (Fsp3) is 0.250. The van der Waals surface area contributed by atoms with E-state index >= 15 is 0 Å². The molecule has 0 spiro atoms. The van der Waals surface area contributed by atoms with Crippen LogP contribution in [-0.2, 0) is 16.1 Å². The minimum atomic E-state index is -4.56. The fourth-order valence-electron chi connectivity index (χ4n) is 1.88. The average Bonchev–Trinajstić information content (AvgIpc) is 2.60. The van der Waals surface area contributed by atoms with Crippen molar-refractivity contribution in [3.8, 4) is 0 Å². The third-order valence-corrected chi connectivity index (χ3v) is 3.07. The number of ether oxygens (including phenoxy) is 1. The zero-order valence-corrected chi connectivity index (χ0v) is 13.3. The van der Waals surface area contributed by atoms with Gasteiger partial charge in [-0.15, -0.1) is 0 Å². The number of carbonyl (C=O) groups excluding carboxylic acids is 2. The normalized spacial score (nSPS) is 11.0. The van der Waals surface area contributed by atoms with Crippen molar-refractivity contribution in [1.82, 2.24) is 15.1 Å². The van der Waals surface area contributed by atoms with Crippen molar-refractivity contribution < 1.29 is 27.5 Å². The molecule has 7 nitrogen and oxygen atoms in total. The van der Waals surface area contributed by atoms with E-state index in [1.165, 1.54) is 0 Å². The van der Waals surface area contributed by atoms with Crippen LogP contribution in [0.3, 0.4) is 0 Å². The molecule has 10 heteroatoms. The van der Waals surface area contributed by atoms with Crippen LogP contribution >= 0.6 is 0 Å². The minimum Gasteiger partial charge on any atom is -0.451 e. The summed E-state index contributed by atoms with van der Waals surface area (Å²) < 4.78 is 41.6. The highest BCUT2D eigenvalue weighted by atomic mass is 19.4. The maximum Gasteiger partial charge on any atom is 0.405 e. The first kappa shape index (κ1) is 19.2. The van der Waals surface area contributed by atoms with Crippen LogP contribution in [0.2, 0.25) is 0 Å². The van der Waals surface area contributed by atoms with E-state index in [1.807, 2.05) is 0 Å². The maximum absolute atomic E-state index is 12.0. The summed E-state index contributed by atoms with van der Waals surface area (Å²) >= 11 is 0. The molecule has 1 amide bonds. The van der Waals surface area contributed by atoms with Gasteiger partial charge >= 0.3 is 12.1 Å². The smallest absolute Gasteiger partial charge is 0.405 e. The molecule has 0 saturated heterocycles. The molecule has 0 unspecified atom stereocenters. The summed E-state index contributed by atoms with van der Waals surface area (Å²) in [7, 11) is 0. The summed E-state index contributed by atoms with van der Waals surface area (Å²) in [4.78, 5) is 34.9. The summed E-state index contributed by atoms with van der Waals surface area (Å²) in [6.07, 6.45) is -4.56. The zero-order chi connectivity index (χ0) is 19.2. The Hall–Kier alpha value is -3.17. The van der Waals surface area contributed by atoms with Gasteiger partial charge in [-0.05, 0) is 11.6 Å². The lowest BCUT2D eigenvalue weighted by molar-refractivity contribution is -0.140. The Kier molecular flexibility index (Phi) is 6.10. The number of hydrogen-bond donors (Lipinski definition) is 1. The molecular weight excluding hydrogens is 355 g/mol. The third kappa shape index (κ3) is 6.04. The summed E-state index contributed by atoms with van der Waals surface area (Å²) in [5.74, 6) is -2.14. The summed E-state index contributed by atoms with van der Waals surface area (Å²) in [6, 6.07) is 11.1. The Bertz CT molecular complexity index is 835. The topological polar surface area (TPSA) is 90.3 Å². The fourth-order valence-corrected chi connectivity index (χ4v) is 1.88. The van der Waals surface area contributed by atoms with Crippen molar-refractivity contribution in [2.24, 2.45) is 0 Å². The predicted octanol–water partition coefficient (Wildman–Crippen LogP) is 1.13. The Morgan fingerprint density at radius 1 is 1.12 bits per heavy atom. The number of hydrogen-bond acceptors (Lipinski definition) is 5. The van der Waals surface area contributed by atoms with Gasteiger partial charge in [0, 0.05) is 6.07 Å². The van der Waals surface area contributed by atoms with Crippen molar-refractivity contribution in [2.75, 3.05) is 13.2 Å². The van der Waals surface area contributed by atoms with Crippen molar-refractivity contribution >= 4 is 11.9 Å². The van der Waals surface area contributed by atoms with Crippen LogP contribution < -0.4 is 10.9 Å². The summed E-state index contributed by atoms with van der Waals surface area (Å²) in [6.45, 7) is -2.30.